The molecule has 1 rings (SSSR count). The van der Waals surface area contributed by atoms with Gasteiger partial charge in [0, 0.05) is 23.6 Å². The standard InChI is InChI=1S/C11H14ClNO4S/c1-3-11(14)13-7-8-6-9(17-2)4-5-10(8)18(12,15)16/h4-6H,3,7H2,1-2H3,(H,13,14). The van der Waals surface area contributed by atoms with Crippen LogP contribution in [0.25, 0.3) is 0 Å². The lowest BCUT2D eigenvalue weighted by Gasteiger charge is -2.10. The molecule has 0 aliphatic rings. The molecule has 0 atom stereocenters. The second-order valence-corrected chi connectivity index (χ2v) is 6.08. The van der Waals surface area contributed by atoms with E-state index in [0.717, 1.165) is 0 Å². The average molecular weight is 292 g/mol. The lowest BCUT2D eigenvalue weighted by molar-refractivity contribution is -0.120. The predicted molar refractivity (Wildman–Crippen MR) is 68.2 cm³/mol. The van der Waals surface area contributed by atoms with E-state index < -0.39 is 9.05 Å². The molecule has 0 aromatic heterocycles. The summed E-state index contributed by atoms with van der Waals surface area (Å²) in [7, 11) is 2.95. The highest BCUT2D eigenvalue weighted by Crippen LogP contribution is 2.24. The fourth-order valence-electron chi connectivity index (χ4n) is 1.38. The van der Waals surface area contributed by atoms with Crippen LogP contribution in [-0.2, 0) is 20.4 Å². The van der Waals surface area contributed by atoms with Crippen molar-refractivity contribution < 1.29 is 17.9 Å². The minimum absolute atomic E-state index is 0.0265. The molecule has 0 unspecified atom stereocenters. The topological polar surface area (TPSA) is 72.5 Å². The van der Waals surface area contributed by atoms with Crippen molar-refractivity contribution in [3.05, 3.63) is 23.8 Å². The lowest BCUT2D eigenvalue weighted by atomic mass is 10.2. The monoisotopic (exact) mass is 291 g/mol. The first-order chi connectivity index (χ1) is 8.38. The molecular weight excluding hydrogens is 278 g/mol. The lowest BCUT2D eigenvalue weighted by Crippen LogP contribution is -2.22. The maximum absolute atomic E-state index is 11.4. The zero-order valence-corrected chi connectivity index (χ0v) is 11.6. The highest BCUT2D eigenvalue weighted by Gasteiger charge is 2.16. The summed E-state index contributed by atoms with van der Waals surface area (Å²) in [6, 6.07) is 4.39. The molecule has 1 N–H and O–H groups in total. The minimum Gasteiger partial charge on any atom is -0.497 e. The Hall–Kier alpha value is -1.27. The minimum atomic E-state index is -3.85. The molecule has 0 saturated heterocycles. The van der Waals surface area contributed by atoms with Crippen LogP contribution >= 0.6 is 10.7 Å². The number of nitrogens with one attached hydrogen (secondary N) is 1. The fraction of sp³-hybridized carbons (Fsp3) is 0.364. The average Bonchev–Trinajstić information content (AvgIpc) is 2.34. The first kappa shape index (κ1) is 14.8. The van der Waals surface area contributed by atoms with Crippen molar-refractivity contribution in [1.82, 2.24) is 5.32 Å². The number of methoxy groups -OCH3 is 1. The van der Waals surface area contributed by atoms with Gasteiger partial charge in [-0.05, 0) is 23.8 Å². The summed E-state index contributed by atoms with van der Waals surface area (Å²) < 4.78 is 27.8. The number of benzene rings is 1. The number of amides is 1. The molecule has 5 nitrogen and oxygen atoms in total. The SMILES string of the molecule is CCC(=O)NCc1cc(OC)ccc1S(=O)(=O)Cl. The van der Waals surface area contributed by atoms with Gasteiger partial charge >= 0.3 is 0 Å². The largest absolute Gasteiger partial charge is 0.497 e. The van der Waals surface area contributed by atoms with Gasteiger partial charge in [-0.1, -0.05) is 6.92 Å². The van der Waals surface area contributed by atoms with Gasteiger partial charge in [-0.3, -0.25) is 4.79 Å². The highest BCUT2D eigenvalue weighted by molar-refractivity contribution is 8.13. The third-order valence-corrected chi connectivity index (χ3v) is 3.75. The van der Waals surface area contributed by atoms with Crippen LogP contribution in [0.3, 0.4) is 0 Å². The third-order valence-electron chi connectivity index (χ3n) is 2.33. The van der Waals surface area contributed by atoms with E-state index in [0.29, 0.717) is 17.7 Å². The maximum Gasteiger partial charge on any atom is 0.261 e. The quantitative estimate of drug-likeness (QED) is 0.837. The zero-order chi connectivity index (χ0) is 13.8. The van der Waals surface area contributed by atoms with Crippen molar-refractivity contribution in [2.75, 3.05) is 7.11 Å². The molecular formula is C11H14ClNO4S. The van der Waals surface area contributed by atoms with E-state index in [1.807, 2.05) is 0 Å². The Morgan fingerprint density at radius 1 is 1.44 bits per heavy atom. The van der Waals surface area contributed by atoms with Crippen LogP contribution in [0.1, 0.15) is 18.9 Å². The van der Waals surface area contributed by atoms with Crippen LogP contribution < -0.4 is 10.1 Å². The number of hydrogen-bond acceptors (Lipinski definition) is 4. The van der Waals surface area contributed by atoms with E-state index in [9.17, 15) is 13.2 Å². The van der Waals surface area contributed by atoms with Crippen molar-refractivity contribution in [1.29, 1.82) is 0 Å². The number of ether oxygens (including phenoxy) is 1. The molecule has 1 aromatic rings. The van der Waals surface area contributed by atoms with E-state index >= 15 is 0 Å². The van der Waals surface area contributed by atoms with E-state index in [2.05, 4.69) is 5.32 Å². The Balaban J connectivity index is 3.08. The van der Waals surface area contributed by atoms with Crippen LogP contribution in [0.2, 0.25) is 0 Å². The third kappa shape index (κ3) is 3.89. The van der Waals surface area contributed by atoms with Gasteiger partial charge in [0.25, 0.3) is 9.05 Å². The van der Waals surface area contributed by atoms with E-state index in [-0.39, 0.29) is 17.3 Å². The van der Waals surface area contributed by atoms with Gasteiger partial charge in [-0.2, -0.15) is 0 Å². The van der Waals surface area contributed by atoms with Crippen molar-refractivity contribution in [2.24, 2.45) is 0 Å². The Labute approximate surface area is 111 Å². The summed E-state index contributed by atoms with van der Waals surface area (Å²) in [4.78, 5) is 11.1. The second-order valence-electron chi connectivity index (χ2n) is 3.54. The molecule has 0 bridgehead atoms. The molecule has 1 aromatic carbocycles. The van der Waals surface area contributed by atoms with Gasteiger partial charge in [0.15, 0.2) is 0 Å². The van der Waals surface area contributed by atoms with Gasteiger partial charge in [0.1, 0.15) is 5.75 Å². The van der Waals surface area contributed by atoms with Crippen LogP contribution in [0.4, 0.5) is 0 Å². The number of carbonyl (C=O) groups is 1. The summed E-state index contributed by atoms with van der Waals surface area (Å²) >= 11 is 0. The number of halogens is 1. The molecule has 0 spiro atoms. The molecule has 18 heavy (non-hydrogen) atoms. The van der Waals surface area contributed by atoms with Crippen LogP contribution in [-0.4, -0.2) is 21.4 Å². The van der Waals surface area contributed by atoms with Crippen molar-refractivity contribution in [3.63, 3.8) is 0 Å². The highest BCUT2D eigenvalue weighted by atomic mass is 35.7. The Morgan fingerprint density at radius 3 is 2.61 bits per heavy atom. The van der Waals surface area contributed by atoms with E-state index in [1.54, 1.807) is 6.92 Å². The fourth-order valence-corrected chi connectivity index (χ4v) is 2.50. The summed E-state index contributed by atoms with van der Waals surface area (Å²) in [5, 5.41) is 2.59. The van der Waals surface area contributed by atoms with Gasteiger partial charge in [-0.15, -0.1) is 0 Å². The molecule has 0 radical (unpaired) electrons. The van der Waals surface area contributed by atoms with Gasteiger partial charge < -0.3 is 10.1 Å². The number of carbonyl (C=O) groups excluding carboxylic acids is 1. The molecule has 100 valence electrons. The molecule has 0 heterocycles. The normalized spacial score (nSPS) is 11.1. The Bertz CT molecular complexity index is 542. The smallest absolute Gasteiger partial charge is 0.261 e. The molecule has 0 saturated carbocycles. The number of hydrogen-bond donors (Lipinski definition) is 1. The molecule has 0 fully saturated rings. The molecule has 7 heteroatoms. The number of rotatable bonds is 5. The van der Waals surface area contributed by atoms with Crippen LogP contribution in [0.5, 0.6) is 5.75 Å². The summed E-state index contributed by atoms with van der Waals surface area (Å²) in [6.45, 7) is 1.80. The molecule has 0 aliphatic carbocycles. The summed E-state index contributed by atoms with van der Waals surface area (Å²) in [6.07, 6.45) is 0.326. The van der Waals surface area contributed by atoms with Crippen molar-refractivity contribution in [2.45, 2.75) is 24.8 Å². The van der Waals surface area contributed by atoms with Crippen LogP contribution in [0, 0.1) is 0 Å². The van der Waals surface area contributed by atoms with Gasteiger partial charge in [0.05, 0.1) is 12.0 Å². The second kappa shape index (κ2) is 6.06. The Kier molecular flexibility index (Phi) is 4.98. The summed E-state index contributed by atoms with van der Waals surface area (Å²) in [5.74, 6) is 0.329. The van der Waals surface area contributed by atoms with Crippen molar-refractivity contribution >= 4 is 25.6 Å². The van der Waals surface area contributed by atoms with Crippen LogP contribution in [0.15, 0.2) is 23.1 Å². The molecule has 0 aliphatic heterocycles. The summed E-state index contributed by atoms with van der Waals surface area (Å²) in [5.41, 5.74) is 0.395. The van der Waals surface area contributed by atoms with Gasteiger partial charge in [-0.25, -0.2) is 8.42 Å². The first-order valence-corrected chi connectivity index (χ1v) is 7.57. The molecule has 1 amide bonds. The first-order valence-electron chi connectivity index (χ1n) is 5.26. The Morgan fingerprint density at radius 2 is 2.11 bits per heavy atom. The van der Waals surface area contributed by atoms with Crippen molar-refractivity contribution in [3.8, 4) is 5.75 Å². The van der Waals surface area contributed by atoms with E-state index in [4.69, 9.17) is 15.4 Å². The van der Waals surface area contributed by atoms with E-state index in [1.165, 1.54) is 25.3 Å². The van der Waals surface area contributed by atoms with Gasteiger partial charge in [0.2, 0.25) is 5.91 Å². The maximum atomic E-state index is 11.4. The zero-order valence-electron chi connectivity index (χ0n) is 10.1. The predicted octanol–water partition coefficient (Wildman–Crippen LogP) is 1.65.